The fourth-order valence-corrected chi connectivity index (χ4v) is 5.16. The van der Waals surface area contributed by atoms with E-state index in [1.165, 1.54) is 11.1 Å². The Kier molecular flexibility index (Phi) is 7.35. The number of ether oxygens (including phenoxy) is 1. The summed E-state index contributed by atoms with van der Waals surface area (Å²) in [5.41, 5.74) is 3.32. The van der Waals surface area contributed by atoms with Crippen LogP contribution in [-0.4, -0.2) is 48.2 Å². The van der Waals surface area contributed by atoms with Crippen LogP contribution in [0.4, 0.5) is 0 Å². The molecule has 1 saturated heterocycles. The average Bonchev–Trinajstić information content (AvgIpc) is 2.98. The van der Waals surface area contributed by atoms with Gasteiger partial charge in [-0.2, -0.15) is 0 Å². The van der Waals surface area contributed by atoms with Gasteiger partial charge in [0.25, 0.3) is 5.91 Å². The Labute approximate surface area is 182 Å². The monoisotopic (exact) mass is 431 g/mol. The van der Waals surface area contributed by atoms with E-state index in [2.05, 4.69) is 39.3 Å². The molecule has 164 valence electrons. The lowest BCUT2D eigenvalue weighted by Gasteiger charge is -2.40. The standard InChI is InChI=1S/C23H33N3O3S/c1-22(2,3)30(28)26-21-19-15-17(6-8-20(27)25-13-14-29-4)5-7-18(19)16-23(21)9-11-24-12-10-23/h5,7,15,21,24,26H,9-14,16H2,1-4H3,(H,25,27)/t21-,30-/m1/s1. The minimum atomic E-state index is -1.17. The second-order valence-electron chi connectivity index (χ2n) is 9.13. The van der Waals surface area contributed by atoms with E-state index >= 15 is 0 Å². The minimum absolute atomic E-state index is 0.0203. The molecule has 7 heteroatoms. The maximum absolute atomic E-state index is 13.0. The van der Waals surface area contributed by atoms with Gasteiger partial charge in [-0.05, 0) is 81.8 Å². The van der Waals surface area contributed by atoms with E-state index in [1.807, 2.05) is 26.8 Å². The van der Waals surface area contributed by atoms with Crippen LogP contribution < -0.4 is 15.4 Å². The van der Waals surface area contributed by atoms with Crippen molar-refractivity contribution in [2.45, 2.75) is 50.8 Å². The molecular formula is C23H33N3O3S. The molecule has 2 atom stereocenters. The number of amides is 1. The molecule has 1 amide bonds. The number of benzene rings is 1. The van der Waals surface area contributed by atoms with Crippen LogP contribution in [0.3, 0.4) is 0 Å². The zero-order valence-electron chi connectivity index (χ0n) is 18.4. The fourth-order valence-electron chi connectivity index (χ4n) is 4.22. The number of hydrogen-bond donors (Lipinski definition) is 3. The van der Waals surface area contributed by atoms with E-state index in [-0.39, 0.29) is 22.1 Å². The third kappa shape index (κ3) is 5.30. The number of piperidine rings is 1. The highest BCUT2D eigenvalue weighted by molar-refractivity contribution is 7.84. The van der Waals surface area contributed by atoms with Gasteiger partial charge in [0, 0.05) is 25.1 Å². The van der Waals surface area contributed by atoms with E-state index in [9.17, 15) is 9.00 Å². The highest BCUT2D eigenvalue weighted by Crippen LogP contribution is 2.51. The largest absolute Gasteiger partial charge is 0.383 e. The summed E-state index contributed by atoms with van der Waals surface area (Å²) in [6, 6.07) is 6.19. The van der Waals surface area contributed by atoms with Crippen LogP contribution >= 0.6 is 0 Å². The second kappa shape index (κ2) is 9.61. The molecule has 1 aliphatic carbocycles. The predicted octanol–water partition coefficient (Wildman–Crippen LogP) is 1.82. The van der Waals surface area contributed by atoms with Gasteiger partial charge >= 0.3 is 0 Å². The van der Waals surface area contributed by atoms with Crippen molar-refractivity contribution in [2.75, 3.05) is 33.4 Å². The summed E-state index contributed by atoms with van der Waals surface area (Å²) in [6.07, 6.45) is 3.07. The smallest absolute Gasteiger partial charge is 0.296 e. The van der Waals surface area contributed by atoms with Gasteiger partial charge in [-0.3, -0.25) is 4.79 Å². The maximum Gasteiger partial charge on any atom is 0.296 e. The second-order valence-corrected chi connectivity index (χ2v) is 11.1. The Bertz CT molecular complexity index is 861. The Balaban J connectivity index is 1.85. The molecule has 1 aromatic rings. The van der Waals surface area contributed by atoms with Gasteiger partial charge in [0.1, 0.15) is 0 Å². The number of hydrogen-bond acceptors (Lipinski definition) is 4. The highest BCUT2D eigenvalue weighted by atomic mass is 32.2. The number of carbonyl (C=O) groups excluding carboxylic acids is 1. The molecule has 1 aromatic carbocycles. The zero-order valence-corrected chi connectivity index (χ0v) is 19.2. The minimum Gasteiger partial charge on any atom is -0.383 e. The van der Waals surface area contributed by atoms with Crippen molar-refractivity contribution in [1.29, 1.82) is 0 Å². The molecule has 1 heterocycles. The van der Waals surface area contributed by atoms with Crippen molar-refractivity contribution in [3.8, 4) is 11.8 Å². The van der Waals surface area contributed by atoms with Gasteiger partial charge in [-0.1, -0.05) is 12.0 Å². The van der Waals surface area contributed by atoms with Crippen LogP contribution in [0.1, 0.15) is 56.3 Å². The summed E-state index contributed by atoms with van der Waals surface area (Å²) < 4.78 is 21.0. The molecule has 6 nitrogen and oxygen atoms in total. The lowest BCUT2D eigenvalue weighted by Crippen LogP contribution is -2.46. The Hall–Kier alpha value is -1.72. The van der Waals surface area contributed by atoms with Crippen molar-refractivity contribution in [3.05, 3.63) is 34.9 Å². The van der Waals surface area contributed by atoms with Crippen molar-refractivity contribution in [2.24, 2.45) is 5.41 Å². The van der Waals surface area contributed by atoms with Crippen LogP contribution in [0, 0.1) is 17.3 Å². The molecule has 30 heavy (non-hydrogen) atoms. The lowest BCUT2D eigenvalue weighted by molar-refractivity contribution is -0.115. The summed E-state index contributed by atoms with van der Waals surface area (Å²) in [7, 11) is 0.425. The van der Waals surface area contributed by atoms with Gasteiger partial charge in [0.2, 0.25) is 0 Å². The molecule has 1 spiro atoms. The summed E-state index contributed by atoms with van der Waals surface area (Å²) in [4.78, 5) is 11.9. The van der Waals surface area contributed by atoms with Gasteiger partial charge in [0.15, 0.2) is 0 Å². The number of rotatable bonds is 5. The number of carbonyl (C=O) groups is 1. The molecule has 1 aliphatic heterocycles. The number of methoxy groups -OCH3 is 1. The average molecular weight is 432 g/mol. The van der Waals surface area contributed by atoms with E-state index in [4.69, 9.17) is 4.74 Å². The van der Waals surface area contributed by atoms with Gasteiger partial charge in [-0.15, -0.1) is 0 Å². The van der Waals surface area contributed by atoms with E-state index < -0.39 is 11.0 Å². The van der Waals surface area contributed by atoms with Crippen molar-refractivity contribution in [3.63, 3.8) is 0 Å². The third-order valence-corrected chi connectivity index (χ3v) is 7.47. The molecule has 0 bridgehead atoms. The molecule has 3 rings (SSSR count). The molecule has 0 radical (unpaired) electrons. The van der Waals surface area contributed by atoms with Gasteiger partial charge in [0.05, 0.1) is 28.4 Å². The topological polar surface area (TPSA) is 79.5 Å². The zero-order chi connectivity index (χ0) is 21.8. The first-order chi connectivity index (χ1) is 14.2. The van der Waals surface area contributed by atoms with Crippen LogP contribution in [0.2, 0.25) is 0 Å². The first-order valence-corrected chi connectivity index (χ1v) is 11.7. The van der Waals surface area contributed by atoms with Crippen molar-refractivity contribution < 1.29 is 13.7 Å². The molecular weight excluding hydrogens is 398 g/mol. The maximum atomic E-state index is 13.0. The molecule has 3 N–H and O–H groups in total. The molecule has 1 fully saturated rings. The number of nitrogens with one attached hydrogen (secondary N) is 3. The first-order valence-electron chi connectivity index (χ1n) is 10.6. The first kappa shape index (κ1) is 23.0. The number of fused-ring (bicyclic) bond motifs is 1. The van der Waals surface area contributed by atoms with Crippen LogP contribution in [-0.2, 0) is 26.9 Å². The summed E-state index contributed by atoms with van der Waals surface area (Å²) in [5, 5.41) is 6.16. The van der Waals surface area contributed by atoms with E-state index in [0.29, 0.717) is 13.2 Å². The Morgan fingerprint density at radius 1 is 1.33 bits per heavy atom. The normalized spacial score (nSPS) is 20.9. The van der Waals surface area contributed by atoms with Crippen molar-refractivity contribution in [1.82, 2.24) is 15.4 Å². The van der Waals surface area contributed by atoms with Gasteiger partial charge < -0.3 is 15.4 Å². The lowest BCUT2D eigenvalue weighted by atomic mass is 9.73. The Morgan fingerprint density at radius 2 is 2.07 bits per heavy atom. The predicted molar refractivity (Wildman–Crippen MR) is 120 cm³/mol. The molecule has 0 unspecified atom stereocenters. The van der Waals surface area contributed by atoms with Crippen LogP contribution in [0.15, 0.2) is 18.2 Å². The van der Waals surface area contributed by atoms with Gasteiger partial charge in [-0.25, -0.2) is 8.93 Å². The van der Waals surface area contributed by atoms with Crippen LogP contribution in [0.5, 0.6) is 0 Å². The fraction of sp³-hybridized carbons (Fsp3) is 0.609. The summed E-state index contributed by atoms with van der Waals surface area (Å²) in [5.74, 6) is 5.32. The SMILES string of the molecule is COCCNC(=O)C#Cc1ccc2c(c1)[C@@H](N[S@](=O)C(C)(C)C)C1(CCNCC1)C2. The quantitative estimate of drug-likeness (QED) is 0.491. The van der Waals surface area contributed by atoms with E-state index in [1.54, 1.807) is 7.11 Å². The van der Waals surface area contributed by atoms with E-state index in [0.717, 1.165) is 37.9 Å². The Morgan fingerprint density at radius 3 is 2.73 bits per heavy atom. The molecule has 0 aromatic heterocycles. The summed E-state index contributed by atoms with van der Waals surface area (Å²) >= 11 is 0. The van der Waals surface area contributed by atoms with Crippen LogP contribution in [0.25, 0.3) is 0 Å². The molecule has 2 aliphatic rings. The van der Waals surface area contributed by atoms with Crippen molar-refractivity contribution >= 4 is 16.9 Å². The third-order valence-electron chi connectivity index (χ3n) is 5.90. The molecule has 0 saturated carbocycles. The highest BCUT2D eigenvalue weighted by Gasteiger charge is 2.47. The summed E-state index contributed by atoms with van der Waals surface area (Å²) in [6.45, 7) is 8.82.